The van der Waals surface area contributed by atoms with Gasteiger partial charge in [-0.1, -0.05) is 67.2 Å². The normalized spacial score (nSPS) is 22.3. The van der Waals surface area contributed by atoms with Crippen molar-refractivity contribution in [2.45, 2.75) is 53.3 Å². The van der Waals surface area contributed by atoms with E-state index < -0.39 is 0 Å². The van der Waals surface area contributed by atoms with E-state index in [0.29, 0.717) is 18.4 Å². The number of hydrogen-bond acceptors (Lipinski definition) is 4. The maximum Gasteiger partial charge on any atom is 0.222 e. The molecule has 3 nitrogen and oxygen atoms in total. The van der Waals surface area contributed by atoms with E-state index in [1.54, 1.807) is 23.1 Å². The molecular weight excluding hydrogens is 444 g/mol. The maximum atomic E-state index is 12.3. The van der Waals surface area contributed by atoms with Crippen LogP contribution in [0.1, 0.15) is 37.3 Å². The van der Waals surface area contributed by atoms with Gasteiger partial charge in [0, 0.05) is 35.4 Å². The molecule has 1 fully saturated rings. The first kappa shape index (κ1) is 20.9. The molecule has 1 amide bonds. The van der Waals surface area contributed by atoms with Gasteiger partial charge in [0.05, 0.1) is 10.2 Å². The highest BCUT2D eigenvalue weighted by Crippen LogP contribution is 2.47. The fourth-order valence-corrected chi connectivity index (χ4v) is 7.87. The number of hydrogen-bond donors (Lipinski definition) is 0. The van der Waals surface area contributed by atoms with Crippen LogP contribution in [0.4, 0.5) is 0 Å². The summed E-state index contributed by atoms with van der Waals surface area (Å²) in [4.78, 5) is 20.5. The Morgan fingerprint density at radius 1 is 1.06 bits per heavy atom. The average Bonchev–Trinajstić information content (AvgIpc) is 3.24. The van der Waals surface area contributed by atoms with Crippen molar-refractivity contribution in [2.75, 3.05) is 7.05 Å². The zero-order chi connectivity index (χ0) is 22.6. The predicted octanol–water partition coefficient (Wildman–Crippen LogP) is 6.94. The molecule has 33 heavy (non-hydrogen) atoms. The minimum Gasteiger partial charge on any atom is -0.342 e. The highest BCUT2D eigenvalue weighted by Gasteiger charge is 2.46. The van der Waals surface area contributed by atoms with Crippen LogP contribution in [-0.4, -0.2) is 28.9 Å². The van der Waals surface area contributed by atoms with Crippen LogP contribution in [0.25, 0.3) is 21.3 Å². The second-order valence-corrected chi connectivity index (χ2v) is 11.7. The van der Waals surface area contributed by atoms with Crippen LogP contribution < -0.4 is 0 Å². The number of benzene rings is 3. The van der Waals surface area contributed by atoms with Crippen LogP contribution in [0.5, 0.6) is 0 Å². The number of thiazole rings is 1. The smallest absolute Gasteiger partial charge is 0.222 e. The van der Waals surface area contributed by atoms with E-state index in [1.165, 1.54) is 31.8 Å². The third kappa shape index (κ3) is 3.49. The largest absolute Gasteiger partial charge is 0.342 e. The molecule has 0 spiro atoms. The van der Waals surface area contributed by atoms with E-state index in [1.807, 2.05) is 18.0 Å². The van der Waals surface area contributed by atoms with Gasteiger partial charge in [0.2, 0.25) is 5.91 Å². The van der Waals surface area contributed by atoms with Crippen molar-refractivity contribution in [2.24, 2.45) is 0 Å². The topological polar surface area (TPSA) is 33.2 Å². The molecule has 0 radical (unpaired) electrons. The zero-order valence-electron chi connectivity index (χ0n) is 18.9. The molecule has 1 aliphatic heterocycles. The molecular formula is C28H26N2OS2. The Kier molecular flexibility index (Phi) is 5.07. The van der Waals surface area contributed by atoms with Gasteiger partial charge in [-0.15, -0.1) is 11.3 Å². The minimum atomic E-state index is 0.0554. The summed E-state index contributed by atoms with van der Waals surface area (Å²) in [7, 11) is 1.98. The van der Waals surface area contributed by atoms with Crippen LogP contribution in [0.3, 0.4) is 0 Å². The Labute approximate surface area is 202 Å². The number of aromatic nitrogens is 1. The second-order valence-electron chi connectivity index (χ2n) is 9.40. The van der Waals surface area contributed by atoms with E-state index in [2.05, 4.69) is 67.6 Å². The lowest BCUT2D eigenvalue weighted by Crippen LogP contribution is -2.56. The lowest BCUT2D eigenvalue weighted by atomic mass is 9.63. The minimum absolute atomic E-state index is 0.0554. The summed E-state index contributed by atoms with van der Waals surface area (Å²) in [6, 6.07) is 24.2. The number of rotatable bonds is 3. The van der Waals surface area contributed by atoms with Gasteiger partial charge in [0.1, 0.15) is 0 Å². The number of fused-ring (bicyclic) bond motifs is 4. The molecule has 0 saturated carbocycles. The van der Waals surface area contributed by atoms with Crippen LogP contribution in [-0.2, 0) is 16.6 Å². The molecule has 6 rings (SSSR count). The SMILES string of the molecule is CN1C(=O)CC[C@]2(C)c3ccc(Sc4nc5c(-c6ccccc6)cccc5s4)cc3CC[C@@H]12. The Morgan fingerprint density at radius 3 is 2.76 bits per heavy atom. The Morgan fingerprint density at radius 2 is 1.91 bits per heavy atom. The predicted molar refractivity (Wildman–Crippen MR) is 137 cm³/mol. The molecule has 2 heterocycles. The van der Waals surface area contributed by atoms with E-state index in [9.17, 15) is 4.79 Å². The summed E-state index contributed by atoms with van der Waals surface area (Å²) < 4.78 is 2.30. The Balaban J connectivity index is 1.32. The summed E-state index contributed by atoms with van der Waals surface area (Å²) >= 11 is 3.53. The van der Waals surface area contributed by atoms with Gasteiger partial charge in [0.15, 0.2) is 4.34 Å². The van der Waals surface area contributed by atoms with E-state index in [4.69, 9.17) is 4.98 Å². The average molecular weight is 471 g/mol. The fraction of sp³-hybridized carbons (Fsp3) is 0.286. The number of piperidine rings is 1. The van der Waals surface area contributed by atoms with Crippen LogP contribution in [0.15, 0.2) is 76.0 Å². The Bertz CT molecular complexity index is 1360. The quantitative estimate of drug-likeness (QED) is 0.325. The van der Waals surface area contributed by atoms with Crippen LogP contribution in [0.2, 0.25) is 0 Å². The van der Waals surface area contributed by atoms with Gasteiger partial charge in [-0.05, 0) is 54.2 Å². The molecule has 3 aromatic carbocycles. The molecule has 2 atom stereocenters. The van der Waals surface area contributed by atoms with Crippen molar-refractivity contribution in [3.8, 4) is 11.1 Å². The molecule has 1 saturated heterocycles. The molecule has 1 aromatic heterocycles. The molecule has 4 aromatic rings. The summed E-state index contributed by atoms with van der Waals surface area (Å²) in [5.41, 5.74) is 6.40. The first-order valence-corrected chi connectivity index (χ1v) is 13.2. The van der Waals surface area contributed by atoms with Crippen LogP contribution >= 0.6 is 23.1 Å². The number of aryl methyl sites for hydroxylation is 1. The monoisotopic (exact) mass is 470 g/mol. The summed E-state index contributed by atoms with van der Waals surface area (Å²) in [5.74, 6) is 0.291. The lowest BCUT2D eigenvalue weighted by molar-refractivity contribution is -0.138. The standard InChI is InChI=1S/C28H26N2OS2/c1-28-16-15-25(31)30(2)24(28)14-11-19-17-20(12-13-22(19)28)32-27-29-26-21(9-6-10-23(26)33-27)18-7-4-3-5-8-18/h3-10,12-13,17,24H,11,14-16H2,1-2H3/t24-,28-/m1/s1. The van der Waals surface area contributed by atoms with Crippen molar-refractivity contribution in [1.82, 2.24) is 9.88 Å². The molecule has 1 aliphatic carbocycles. The maximum absolute atomic E-state index is 12.3. The summed E-state index contributed by atoms with van der Waals surface area (Å²) in [6.07, 6.45) is 3.66. The molecule has 0 bridgehead atoms. The molecule has 0 unspecified atom stereocenters. The van der Waals surface area contributed by atoms with Gasteiger partial charge >= 0.3 is 0 Å². The Hall–Kier alpha value is -2.63. The number of amides is 1. The summed E-state index contributed by atoms with van der Waals surface area (Å²) in [6.45, 7) is 2.35. The van der Waals surface area contributed by atoms with Crippen molar-refractivity contribution < 1.29 is 4.79 Å². The summed E-state index contributed by atoms with van der Waals surface area (Å²) in [5, 5.41) is 0. The highest BCUT2D eigenvalue weighted by atomic mass is 32.2. The van der Waals surface area contributed by atoms with Gasteiger partial charge < -0.3 is 4.90 Å². The molecule has 5 heteroatoms. The number of para-hydroxylation sites is 1. The van der Waals surface area contributed by atoms with E-state index in [-0.39, 0.29) is 5.41 Å². The van der Waals surface area contributed by atoms with Crippen LogP contribution in [0, 0.1) is 0 Å². The van der Waals surface area contributed by atoms with Crippen molar-refractivity contribution >= 4 is 39.2 Å². The van der Waals surface area contributed by atoms with Gasteiger partial charge in [-0.3, -0.25) is 4.79 Å². The second kappa shape index (κ2) is 8.00. The van der Waals surface area contributed by atoms with Gasteiger partial charge in [0.25, 0.3) is 0 Å². The van der Waals surface area contributed by atoms with Gasteiger partial charge in [-0.2, -0.15) is 0 Å². The van der Waals surface area contributed by atoms with Crippen molar-refractivity contribution in [3.05, 3.63) is 77.9 Å². The van der Waals surface area contributed by atoms with Gasteiger partial charge in [-0.25, -0.2) is 4.98 Å². The number of carbonyl (C=O) groups is 1. The number of likely N-dealkylation sites (tertiary alicyclic amines) is 1. The first-order chi connectivity index (χ1) is 16.0. The third-order valence-electron chi connectivity index (χ3n) is 7.52. The number of likely N-dealkylation sites (N-methyl/N-ethyl adjacent to an activating group) is 1. The fourth-order valence-electron chi connectivity index (χ4n) is 5.75. The van der Waals surface area contributed by atoms with E-state index >= 15 is 0 Å². The zero-order valence-corrected chi connectivity index (χ0v) is 20.5. The highest BCUT2D eigenvalue weighted by molar-refractivity contribution is 8.01. The lowest BCUT2D eigenvalue weighted by Gasteiger charge is -2.50. The third-order valence-corrected chi connectivity index (χ3v) is 9.59. The molecule has 166 valence electrons. The van der Waals surface area contributed by atoms with Crippen molar-refractivity contribution in [3.63, 3.8) is 0 Å². The number of carbonyl (C=O) groups excluding carboxylic acids is 1. The number of nitrogens with zero attached hydrogens (tertiary/aromatic N) is 2. The van der Waals surface area contributed by atoms with Crippen molar-refractivity contribution in [1.29, 1.82) is 0 Å². The first-order valence-electron chi connectivity index (χ1n) is 11.5. The molecule has 2 aliphatic rings. The molecule has 0 N–H and O–H groups in total. The van der Waals surface area contributed by atoms with E-state index in [0.717, 1.165) is 29.1 Å².